The monoisotopic (exact) mass is 521 g/mol. The number of carbonyl (C=O) groups excluding carboxylic acids is 2. The zero-order chi connectivity index (χ0) is 25.2. The number of carbonyl (C=O) groups is 2. The van der Waals surface area contributed by atoms with Gasteiger partial charge in [0.2, 0.25) is 15.9 Å². The fourth-order valence-electron chi connectivity index (χ4n) is 4.64. The standard InChI is InChI=1S/C22H31N7O4S2/c1-24-22(20(23)31)8-11-28(12-9-22)18-6-4-3-5-16(18)25-19(30)17-14-34-21(26-17)29-10-7-15(13-29)27-35(2,32)33/h3-6,14-15,24,27H,7-13H2,1-2H3,(H2,23,31)(H,25,30)/t15-/m1/s1. The number of sulfonamides is 1. The molecule has 0 saturated carbocycles. The van der Waals surface area contributed by atoms with Crippen LogP contribution >= 0.6 is 11.3 Å². The Hall–Kier alpha value is -2.74. The molecular weight excluding hydrogens is 490 g/mol. The van der Waals surface area contributed by atoms with E-state index in [-0.39, 0.29) is 17.9 Å². The van der Waals surface area contributed by atoms with E-state index in [1.807, 2.05) is 29.2 Å². The van der Waals surface area contributed by atoms with Crippen LogP contribution in [0.1, 0.15) is 29.8 Å². The highest BCUT2D eigenvalue weighted by Crippen LogP contribution is 2.32. The van der Waals surface area contributed by atoms with Gasteiger partial charge in [0.25, 0.3) is 5.91 Å². The number of para-hydroxylation sites is 2. The molecule has 13 heteroatoms. The van der Waals surface area contributed by atoms with Crippen molar-refractivity contribution < 1.29 is 18.0 Å². The Morgan fingerprint density at radius 3 is 2.54 bits per heavy atom. The molecule has 0 radical (unpaired) electrons. The second kappa shape index (κ2) is 10.1. The minimum atomic E-state index is -3.27. The number of anilines is 3. The zero-order valence-electron chi connectivity index (χ0n) is 19.8. The van der Waals surface area contributed by atoms with Crippen molar-refractivity contribution in [1.82, 2.24) is 15.0 Å². The first kappa shape index (κ1) is 25.4. The summed E-state index contributed by atoms with van der Waals surface area (Å²) in [6, 6.07) is 7.39. The normalized spacial score (nSPS) is 20.1. The highest BCUT2D eigenvalue weighted by Gasteiger charge is 2.38. The van der Waals surface area contributed by atoms with Crippen LogP contribution in [0, 0.1) is 0 Å². The van der Waals surface area contributed by atoms with E-state index in [0.717, 1.165) is 11.9 Å². The third kappa shape index (κ3) is 5.74. The smallest absolute Gasteiger partial charge is 0.275 e. The molecule has 11 nitrogen and oxygen atoms in total. The van der Waals surface area contributed by atoms with Crippen molar-refractivity contribution in [3.63, 3.8) is 0 Å². The Bertz CT molecular complexity index is 1190. The molecule has 1 aromatic carbocycles. The maximum Gasteiger partial charge on any atom is 0.275 e. The number of hydrogen-bond acceptors (Lipinski definition) is 9. The summed E-state index contributed by atoms with van der Waals surface area (Å²) in [5.41, 5.74) is 6.76. The molecule has 1 aromatic heterocycles. The summed E-state index contributed by atoms with van der Waals surface area (Å²) in [7, 11) is -1.52. The highest BCUT2D eigenvalue weighted by atomic mass is 32.2. The van der Waals surface area contributed by atoms with E-state index in [0.29, 0.717) is 62.0 Å². The molecule has 2 aromatic rings. The number of primary amides is 1. The second-order valence-corrected chi connectivity index (χ2v) is 11.6. The molecule has 0 bridgehead atoms. The van der Waals surface area contributed by atoms with Gasteiger partial charge in [0.1, 0.15) is 11.2 Å². The van der Waals surface area contributed by atoms with Crippen LogP contribution in [0.4, 0.5) is 16.5 Å². The van der Waals surface area contributed by atoms with Gasteiger partial charge >= 0.3 is 0 Å². The number of rotatable bonds is 8. The minimum absolute atomic E-state index is 0.168. The number of hydrogen-bond donors (Lipinski definition) is 4. The fraction of sp³-hybridized carbons (Fsp3) is 0.500. The van der Waals surface area contributed by atoms with Crippen molar-refractivity contribution >= 4 is 49.7 Å². The number of thiazole rings is 1. The van der Waals surface area contributed by atoms with Crippen LogP contribution < -0.4 is 30.9 Å². The van der Waals surface area contributed by atoms with E-state index in [9.17, 15) is 18.0 Å². The molecular formula is C22H31N7O4S2. The number of nitrogens with zero attached hydrogens (tertiary/aromatic N) is 3. The Morgan fingerprint density at radius 2 is 1.89 bits per heavy atom. The molecule has 2 aliphatic rings. The number of amides is 2. The average molecular weight is 522 g/mol. The number of nitrogens with one attached hydrogen (secondary N) is 3. The molecule has 2 fully saturated rings. The van der Waals surface area contributed by atoms with Gasteiger partial charge in [0, 0.05) is 37.6 Å². The van der Waals surface area contributed by atoms with Crippen molar-refractivity contribution in [3.8, 4) is 0 Å². The summed E-state index contributed by atoms with van der Waals surface area (Å²) < 4.78 is 25.6. The molecule has 4 rings (SSSR count). The first-order chi connectivity index (χ1) is 16.6. The lowest BCUT2D eigenvalue weighted by molar-refractivity contribution is -0.125. The predicted octanol–water partition coefficient (Wildman–Crippen LogP) is 0.567. The Morgan fingerprint density at radius 1 is 1.17 bits per heavy atom. The number of likely N-dealkylation sites (N-methyl/N-ethyl adjacent to an activating group) is 1. The van der Waals surface area contributed by atoms with Crippen LogP contribution in [0.15, 0.2) is 29.6 Å². The maximum absolute atomic E-state index is 13.0. The SMILES string of the molecule is CNC1(C(N)=O)CCN(c2ccccc2NC(=O)c2csc(N3CC[C@@H](NS(C)(=O)=O)C3)n2)CC1. The van der Waals surface area contributed by atoms with E-state index in [2.05, 4.69) is 25.2 Å². The Balaban J connectivity index is 1.41. The van der Waals surface area contributed by atoms with Crippen LogP contribution in [0.2, 0.25) is 0 Å². The molecule has 1 atom stereocenters. The molecule has 2 amide bonds. The lowest BCUT2D eigenvalue weighted by Gasteiger charge is -2.41. The number of aromatic nitrogens is 1. The summed E-state index contributed by atoms with van der Waals surface area (Å²) in [5.74, 6) is -0.666. The molecule has 0 unspecified atom stereocenters. The van der Waals surface area contributed by atoms with Gasteiger partial charge in [-0.25, -0.2) is 18.1 Å². The van der Waals surface area contributed by atoms with Gasteiger partial charge in [-0.1, -0.05) is 12.1 Å². The molecule has 2 aliphatic heterocycles. The van der Waals surface area contributed by atoms with Crippen LogP contribution in [0.5, 0.6) is 0 Å². The van der Waals surface area contributed by atoms with Gasteiger partial charge in [0.15, 0.2) is 5.13 Å². The first-order valence-corrected chi connectivity index (χ1v) is 14.2. The highest BCUT2D eigenvalue weighted by molar-refractivity contribution is 7.88. The van der Waals surface area contributed by atoms with Crippen molar-refractivity contribution in [3.05, 3.63) is 35.3 Å². The molecule has 2 saturated heterocycles. The number of piperidine rings is 1. The van der Waals surface area contributed by atoms with Crippen molar-refractivity contribution in [2.45, 2.75) is 30.8 Å². The Labute approximate surface area is 209 Å². The van der Waals surface area contributed by atoms with Gasteiger partial charge in [-0.15, -0.1) is 11.3 Å². The van der Waals surface area contributed by atoms with Gasteiger partial charge < -0.3 is 26.2 Å². The van der Waals surface area contributed by atoms with Crippen LogP contribution in [0.25, 0.3) is 0 Å². The van der Waals surface area contributed by atoms with Crippen LogP contribution in [-0.2, 0) is 14.8 Å². The lowest BCUT2D eigenvalue weighted by Crippen LogP contribution is -2.59. The van der Waals surface area contributed by atoms with Gasteiger partial charge in [-0.05, 0) is 38.4 Å². The molecule has 190 valence electrons. The van der Waals surface area contributed by atoms with Crippen molar-refractivity contribution in [1.29, 1.82) is 0 Å². The fourth-order valence-corrected chi connectivity index (χ4v) is 6.28. The number of nitrogens with two attached hydrogens (primary N) is 1. The quantitative estimate of drug-likeness (QED) is 0.394. The van der Waals surface area contributed by atoms with Gasteiger partial charge in [0.05, 0.1) is 17.6 Å². The minimum Gasteiger partial charge on any atom is -0.370 e. The van der Waals surface area contributed by atoms with Gasteiger partial charge in [-0.3, -0.25) is 9.59 Å². The second-order valence-electron chi connectivity index (χ2n) is 8.99. The summed E-state index contributed by atoms with van der Waals surface area (Å²) >= 11 is 1.36. The predicted molar refractivity (Wildman–Crippen MR) is 138 cm³/mol. The van der Waals surface area contributed by atoms with Crippen molar-refractivity contribution in [2.24, 2.45) is 5.73 Å². The molecule has 0 spiro atoms. The van der Waals surface area contributed by atoms with E-state index in [1.54, 1.807) is 12.4 Å². The largest absolute Gasteiger partial charge is 0.370 e. The third-order valence-corrected chi connectivity index (χ3v) is 8.29. The van der Waals surface area contributed by atoms with Crippen molar-refractivity contribution in [2.75, 3.05) is 54.6 Å². The summed E-state index contributed by atoms with van der Waals surface area (Å²) in [5, 5.41) is 8.45. The average Bonchev–Trinajstić information content (AvgIpc) is 3.48. The van der Waals surface area contributed by atoms with Crippen LogP contribution in [-0.4, -0.2) is 76.3 Å². The molecule has 3 heterocycles. The van der Waals surface area contributed by atoms with E-state index >= 15 is 0 Å². The van der Waals surface area contributed by atoms with Gasteiger partial charge in [-0.2, -0.15) is 0 Å². The zero-order valence-corrected chi connectivity index (χ0v) is 21.4. The third-order valence-electron chi connectivity index (χ3n) is 6.62. The topological polar surface area (TPSA) is 150 Å². The molecule has 35 heavy (non-hydrogen) atoms. The summed E-state index contributed by atoms with van der Waals surface area (Å²) in [6.07, 6.45) is 2.98. The molecule has 5 N–H and O–H groups in total. The summed E-state index contributed by atoms with van der Waals surface area (Å²) in [4.78, 5) is 33.6. The molecule has 0 aliphatic carbocycles. The summed E-state index contributed by atoms with van der Waals surface area (Å²) in [6.45, 7) is 2.42. The lowest BCUT2D eigenvalue weighted by atomic mass is 9.86. The van der Waals surface area contributed by atoms with E-state index in [4.69, 9.17) is 5.73 Å². The van der Waals surface area contributed by atoms with E-state index < -0.39 is 15.6 Å². The maximum atomic E-state index is 13.0. The van der Waals surface area contributed by atoms with Crippen LogP contribution in [0.3, 0.4) is 0 Å². The number of benzene rings is 1. The Kier molecular flexibility index (Phi) is 7.31. The van der Waals surface area contributed by atoms with E-state index in [1.165, 1.54) is 11.3 Å². The first-order valence-electron chi connectivity index (χ1n) is 11.4.